The number of thioether (sulfide) groups is 2. The highest BCUT2D eigenvalue weighted by atomic mass is 32.2. The van der Waals surface area contributed by atoms with Gasteiger partial charge in [-0.1, -0.05) is 0 Å². The van der Waals surface area contributed by atoms with Gasteiger partial charge in [0.05, 0.1) is 4.87 Å². The first kappa shape index (κ1) is 8.27. The second-order valence-electron chi connectivity index (χ2n) is 3.24. The van der Waals surface area contributed by atoms with Crippen LogP contribution in [-0.4, -0.2) is 28.7 Å². The molecular weight excluding hydrogens is 174 g/mol. The van der Waals surface area contributed by atoms with E-state index in [9.17, 15) is 0 Å². The molecule has 0 aromatic carbocycles. The Bertz CT molecular complexity index is 107. The molecule has 2 aliphatic rings. The van der Waals surface area contributed by atoms with Gasteiger partial charge >= 0.3 is 0 Å². The van der Waals surface area contributed by atoms with Gasteiger partial charge in [-0.15, -0.1) is 11.8 Å². The molecule has 0 unspecified atom stereocenters. The van der Waals surface area contributed by atoms with Crippen molar-refractivity contribution in [2.24, 2.45) is 0 Å². The largest absolute Gasteiger partial charge is 0.303 e. The predicted molar refractivity (Wildman–Crippen MR) is 54.4 cm³/mol. The maximum absolute atomic E-state index is 3.68. The van der Waals surface area contributed by atoms with Crippen LogP contribution in [0.3, 0.4) is 0 Å². The molecule has 2 fully saturated rings. The fourth-order valence-corrected chi connectivity index (χ4v) is 4.55. The van der Waals surface area contributed by atoms with Gasteiger partial charge in [-0.3, -0.25) is 0 Å². The molecule has 0 amide bonds. The first-order chi connectivity index (χ1) is 5.41. The first-order valence-corrected chi connectivity index (χ1v) is 6.52. The topological polar surface area (TPSA) is 12.0 Å². The zero-order chi connectivity index (χ0) is 7.57. The van der Waals surface area contributed by atoms with Gasteiger partial charge < -0.3 is 5.32 Å². The maximum atomic E-state index is 3.68. The molecule has 1 spiro atoms. The van der Waals surface area contributed by atoms with E-state index in [1.54, 1.807) is 0 Å². The standard InChI is InChI=1S/C8H15NS2/c1-4-9-8(11-5-1)2-6-10-7-3-8/h9H,1-7H2. The third-order valence-corrected chi connectivity index (χ3v) is 5.03. The van der Waals surface area contributed by atoms with Crippen LogP contribution in [0.15, 0.2) is 0 Å². The molecule has 2 saturated heterocycles. The third kappa shape index (κ3) is 1.87. The molecule has 2 aliphatic heterocycles. The van der Waals surface area contributed by atoms with Crippen LogP contribution in [0.25, 0.3) is 0 Å². The molecule has 0 aromatic rings. The Morgan fingerprint density at radius 2 is 1.91 bits per heavy atom. The van der Waals surface area contributed by atoms with Crippen molar-refractivity contribution in [3.63, 3.8) is 0 Å². The third-order valence-electron chi connectivity index (χ3n) is 2.45. The highest BCUT2D eigenvalue weighted by molar-refractivity contribution is 8.01. The molecule has 0 saturated carbocycles. The zero-order valence-electron chi connectivity index (χ0n) is 6.77. The fourth-order valence-electron chi connectivity index (χ4n) is 1.73. The van der Waals surface area contributed by atoms with E-state index in [0.29, 0.717) is 4.87 Å². The molecule has 64 valence electrons. The van der Waals surface area contributed by atoms with Crippen LogP contribution in [0.5, 0.6) is 0 Å². The molecule has 3 heteroatoms. The van der Waals surface area contributed by atoms with Crippen LogP contribution in [-0.2, 0) is 0 Å². The molecule has 0 atom stereocenters. The van der Waals surface area contributed by atoms with Gasteiger partial charge in [0.25, 0.3) is 0 Å². The first-order valence-electron chi connectivity index (χ1n) is 4.38. The maximum Gasteiger partial charge on any atom is 0.0661 e. The minimum absolute atomic E-state index is 0.503. The van der Waals surface area contributed by atoms with Crippen molar-refractivity contribution in [1.29, 1.82) is 0 Å². The van der Waals surface area contributed by atoms with Gasteiger partial charge in [0, 0.05) is 0 Å². The van der Waals surface area contributed by atoms with E-state index < -0.39 is 0 Å². The predicted octanol–water partition coefficient (Wildman–Crippen LogP) is 1.94. The fraction of sp³-hybridized carbons (Fsp3) is 1.00. The van der Waals surface area contributed by atoms with E-state index >= 15 is 0 Å². The minimum Gasteiger partial charge on any atom is -0.303 e. The van der Waals surface area contributed by atoms with E-state index in [2.05, 4.69) is 28.8 Å². The SMILES string of the molecule is C1CNC2(CCSCC2)SC1. The summed E-state index contributed by atoms with van der Waals surface area (Å²) in [5, 5.41) is 3.68. The summed E-state index contributed by atoms with van der Waals surface area (Å²) in [7, 11) is 0. The lowest BCUT2D eigenvalue weighted by atomic mass is 10.1. The summed E-state index contributed by atoms with van der Waals surface area (Å²) in [6.45, 7) is 1.25. The quantitative estimate of drug-likeness (QED) is 0.625. The lowest BCUT2D eigenvalue weighted by Gasteiger charge is -2.40. The van der Waals surface area contributed by atoms with Crippen molar-refractivity contribution < 1.29 is 0 Å². The number of hydrogen-bond acceptors (Lipinski definition) is 3. The second kappa shape index (κ2) is 3.58. The minimum atomic E-state index is 0.503. The highest BCUT2D eigenvalue weighted by Gasteiger charge is 2.33. The molecule has 0 radical (unpaired) electrons. The average Bonchev–Trinajstić information content (AvgIpc) is 2.07. The highest BCUT2D eigenvalue weighted by Crippen LogP contribution is 2.38. The Kier molecular flexibility index (Phi) is 2.69. The number of hydrogen-bond donors (Lipinski definition) is 1. The summed E-state index contributed by atoms with van der Waals surface area (Å²) in [6.07, 6.45) is 4.12. The molecule has 11 heavy (non-hydrogen) atoms. The molecule has 0 aliphatic carbocycles. The summed E-state index contributed by atoms with van der Waals surface area (Å²) in [5.74, 6) is 4.09. The van der Waals surface area contributed by atoms with Crippen molar-refractivity contribution in [1.82, 2.24) is 5.32 Å². The Labute approximate surface area is 77.1 Å². The summed E-state index contributed by atoms with van der Waals surface area (Å²) >= 11 is 4.27. The summed E-state index contributed by atoms with van der Waals surface area (Å²) < 4.78 is 0. The van der Waals surface area contributed by atoms with Crippen LogP contribution in [0, 0.1) is 0 Å². The number of nitrogens with one attached hydrogen (secondary N) is 1. The van der Waals surface area contributed by atoms with Gasteiger partial charge in [-0.25, -0.2) is 0 Å². The summed E-state index contributed by atoms with van der Waals surface area (Å²) in [5.41, 5.74) is 0. The van der Waals surface area contributed by atoms with Gasteiger partial charge in [-0.05, 0) is 43.1 Å². The van der Waals surface area contributed by atoms with E-state index in [-0.39, 0.29) is 0 Å². The lowest BCUT2D eigenvalue weighted by molar-refractivity contribution is 0.425. The Balaban J connectivity index is 1.94. The van der Waals surface area contributed by atoms with E-state index in [1.807, 2.05) is 0 Å². The molecular formula is C8H15NS2. The second-order valence-corrected chi connectivity index (χ2v) is 5.94. The van der Waals surface area contributed by atoms with Gasteiger partial charge in [0.1, 0.15) is 0 Å². The molecule has 0 bridgehead atoms. The van der Waals surface area contributed by atoms with Crippen LogP contribution in [0.4, 0.5) is 0 Å². The summed E-state index contributed by atoms with van der Waals surface area (Å²) in [4.78, 5) is 0.503. The molecule has 1 nitrogen and oxygen atoms in total. The summed E-state index contributed by atoms with van der Waals surface area (Å²) in [6, 6.07) is 0. The van der Waals surface area contributed by atoms with Crippen molar-refractivity contribution >= 4 is 23.5 Å². The number of rotatable bonds is 0. The normalized spacial score (nSPS) is 30.5. The van der Waals surface area contributed by atoms with Crippen LogP contribution in [0.2, 0.25) is 0 Å². The molecule has 0 aromatic heterocycles. The van der Waals surface area contributed by atoms with Crippen LogP contribution in [0.1, 0.15) is 19.3 Å². The smallest absolute Gasteiger partial charge is 0.0661 e. The van der Waals surface area contributed by atoms with E-state index in [0.717, 1.165) is 0 Å². The van der Waals surface area contributed by atoms with Crippen molar-refractivity contribution in [3.8, 4) is 0 Å². The lowest BCUT2D eigenvalue weighted by Crippen LogP contribution is -2.48. The van der Waals surface area contributed by atoms with Crippen molar-refractivity contribution in [3.05, 3.63) is 0 Å². The van der Waals surface area contributed by atoms with Gasteiger partial charge in [0.2, 0.25) is 0 Å². The van der Waals surface area contributed by atoms with Crippen LogP contribution >= 0.6 is 23.5 Å². The molecule has 2 heterocycles. The Morgan fingerprint density at radius 3 is 2.55 bits per heavy atom. The Morgan fingerprint density at radius 1 is 1.09 bits per heavy atom. The van der Waals surface area contributed by atoms with E-state index in [4.69, 9.17) is 0 Å². The van der Waals surface area contributed by atoms with Crippen molar-refractivity contribution in [2.45, 2.75) is 24.1 Å². The monoisotopic (exact) mass is 189 g/mol. The van der Waals surface area contributed by atoms with Crippen LogP contribution < -0.4 is 5.32 Å². The average molecular weight is 189 g/mol. The van der Waals surface area contributed by atoms with Gasteiger partial charge in [-0.2, -0.15) is 11.8 Å². The Hall–Kier alpha value is 0.660. The molecule has 2 rings (SSSR count). The van der Waals surface area contributed by atoms with Crippen molar-refractivity contribution in [2.75, 3.05) is 23.8 Å². The van der Waals surface area contributed by atoms with E-state index in [1.165, 1.54) is 43.1 Å². The van der Waals surface area contributed by atoms with Gasteiger partial charge in [0.15, 0.2) is 0 Å². The zero-order valence-corrected chi connectivity index (χ0v) is 8.40. The molecule has 1 N–H and O–H groups in total.